The van der Waals surface area contributed by atoms with Crippen LogP contribution in [0, 0.1) is 12.7 Å². The first-order valence-electron chi connectivity index (χ1n) is 9.00. The van der Waals surface area contributed by atoms with Crippen LogP contribution in [-0.2, 0) is 0 Å². The maximum absolute atomic E-state index is 14.5. The van der Waals surface area contributed by atoms with Gasteiger partial charge in [0.05, 0.1) is 11.3 Å². The van der Waals surface area contributed by atoms with Gasteiger partial charge in [0.1, 0.15) is 17.3 Å². The van der Waals surface area contributed by atoms with Crippen molar-refractivity contribution >= 4 is 23.3 Å². The summed E-state index contributed by atoms with van der Waals surface area (Å²) in [5, 5.41) is 0. The van der Waals surface area contributed by atoms with Crippen LogP contribution >= 0.6 is 11.8 Å². The molecule has 0 saturated heterocycles. The van der Waals surface area contributed by atoms with Crippen LogP contribution < -0.4 is 0 Å². The molecule has 0 spiro atoms. The molecule has 9 heteroatoms. The van der Waals surface area contributed by atoms with Crippen LogP contribution in [0.2, 0.25) is 0 Å². The summed E-state index contributed by atoms with van der Waals surface area (Å²) in [5.74, 6) is -3.97. The summed E-state index contributed by atoms with van der Waals surface area (Å²) in [6.07, 6.45) is 0.636. The molecule has 1 aliphatic rings. The topological polar surface area (TPSA) is 15.6 Å². The van der Waals surface area contributed by atoms with Gasteiger partial charge in [-0.15, -0.1) is 11.8 Å². The Morgan fingerprint density at radius 1 is 1.17 bits per heavy atom. The van der Waals surface area contributed by atoms with Gasteiger partial charge in [0, 0.05) is 31.5 Å². The highest BCUT2D eigenvalue weighted by Gasteiger charge is 2.32. The van der Waals surface area contributed by atoms with Crippen LogP contribution in [-0.4, -0.2) is 42.7 Å². The zero-order valence-corrected chi connectivity index (χ0v) is 17.8. The first kappa shape index (κ1) is 24.1. The number of thioether (sulfide) groups is 1. The molecule has 1 aromatic rings. The molecule has 0 unspecified atom stereocenters. The van der Waals surface area contributed by atoms with Crippen molar-refractivity contribution in [1.29, 1.82) is 0 Å². The van der Waals surface area contributed by atoms with Gasteiger partial charge in [-0.2, -0.15) is 13.2 Å². The highest BCUT2D eigenvalue weighted by molar-refractivity contribution is 7.99. The molecule has 164 valence electrons. The Bertz CT molecular complexity index is 905. The van der Waals surface area contributed by atoms with E-state index in [0.717, 1.165) is 30.8 Å². The maximum atomic E-state index is 14.5. The molecule has 2 nitrogen and oxygen atoms in total. The van der Waals surface area contributed by atoms with Crippen molar-refractivity contribution in [1.82, 2.24) is 4.90 Å². The standard InChI is InChI=1S/C21H22F6N2S/c1-13-9-16(22)17(11-18(13)30-12-20(2,23)24)28-19(29(3)4)14-7-5-6-8-15(10-14)21(25,26)27/h5,7-11H,6,12H2,1-4H3/b28-19+. The van der Waals surface area contributed by atoms with E-state index in [0.29, 0.717) is 10.5 Å². The molecule has 30 heavy (non-hydrogen) atoms. The smallest absolute Gasteiger partial charge is 0.362 e. The fourth-order valence-electron chi connectivity index (χ4n) is 2.63. The highest BCUT2D eigenvalue weighted by Crippen LogP contribution is 2.34. The molecule has 0 heterocycles. The Labute approximate surface area is 176 Å². The largest absolute Gasteiger partial charge is 0.416 e. The molecular formula is C21H22F6N2S. The predicted molar refractivity (Wildman–Crippen MR) is 109 cm³/mol. The van der Waals surface area contributed by atoms with E-state index < -0.39 is 29.2 Å². The van der Waals surface area contributed by atoms with Gasteiger partial charge in [0.2, 0.25) is 0 Å². The third-order valence-electron chi connectivity index (χ3n) is 4.04. The first-order chi connectivity index (χ1) is 13.8. The average Bonchev–Trinajstić information content (AvgIpc) is 2.85. The Kier molecular flexibility index (Phi) is 7.49. The van der Waals surface area contributed by atoms with Crippen molar-refractivity contribution in [2.75, 3.05) is 19.8 Å². The lowest BCUT2D eigenvalue weighted by atomic mass is 10.1. The second kappa shape index (κ2) is 9.32. The van der Waals surface area contributed by atoms with Crippen molar-refractivity contribution in [3.8, 4) is 0 Å². The second-order valence-electron chi connectivity index (χ2n) is 7.15. The average molecular weight is 448 g/mol. The minimum absolute atomic E-state index is 0.0977. The first-order valence-corrected chi connectivity index (χ1v) is 9.99. The molecule has 0 aromatic heterocycles. The van der Waals surface area contributed by atoms with Crippen molar-refractivity contribution in [3.05, 3.63) is 59.0 Å². The van der Waals surface area contributed by atoms with Crippen LogP contribution in [0.1, 0.15) is 18.9 Å². The maximum Gasteiger partial charge on any atom is 0.416 e. The summed E-state index contributed by atoms with van der Waals surface area (Å²) in [6.45, 7) is 2.38. The van der Waals surface area contributed by atoms with E-state index in [4.69, 9.17) is 0 Å². The third-order valence-corrected chi connectivity index (χ3v) is 5.45. The van der Waals surface area contributed by atoms with E-state index in [9.17, 15) is 26.3 Å². The number of benzene rings is 1. The summed E-state index contributed by atoms with van der Waals surface area (Å²) in [5.41, 5.74) is -0.316. The third kappa shape index (κ3) is 6.68. The molecule has 0 radical (unpaired) electrons. The molecule has 2 rings (SSSR count). The van der Waals surface area contributed by atoms with E-state index in [2.05, 4.69) is 4.99 Å². The van der Waals surface area contributed by atoms with Gasteiger partial charge in [0.25, 0.3) is 5.92 Å². The molecule has 0 atom stereocenters. The zero-order chi connectivity index (χ0) is 22.7. The predicted octanol–water partition coefficient (Wildman–Crippen LogP) is 6.85. The highest BCUT2D eigenvalue weighted by atomic mass is 32.2. The minimum Gasteiger partial charge on any atom is -0.362 e. The molecule has 0 amide bonds. The van der Waals surface area contributed by atoms with Gasteiger partial charge in [0.15, 0.2) is 0 Å². The number of aryl methyl sites for hydroxylation is 1. The number of rotatable bonds is 5. The monoisotopic (exact) mass is 448 g/mol. The number of alkyl halides is 5. The van der Waals surface area contributed by atoms with E-state index in [-0.39, 0.29) is 23.5 Å². The normalized spacial score (nSPS) is 15.6. The molecule has 0 bridgehead atoms. The van der Waals surface area contributed by atoms with E-state index >= 15 is 0 Å². The van der Waals surface area contributed by atoms with Gasteiger partial charge in [-0.05, 0) is 37.1 Å². The number of amidine groups is 1. The number of hydrogen-bond acceptors (Lipinski definition) is 2. The fraction of sp³-hybridized carbons (Fsp3) is 0.381. The van der Waals surface area contributed by atoms with E-state index in [1.54, 1.807) is 27.1 Å². The Morgan fingerprint density at radius 3 is 2.40 bits per heavy atom. The van der Waals surface area contributed by atoms with Crippen LogP contribution in [0.4, 0.5) is 32.0 Å². The summed E-state index contributed by atoms with van der Waals surface area (Å²) in [7, 11) is 3.16. The van der Waals surface area contributed by atoms with Crippen molar-refractivity contribution in [3.63, 3.8) is 0 Å². The molecule has 0 N–H and O–H groups in total. The van der Waals surface area contributed by atoms with Crippen LogP contribution in [0.3, 0.4) is 0 Å². The van der Waals surface area contributed by atoms with Crippen LogP contribution in [0.15, 0.2) is 57.5 Å². The van der Waals surface area contributed by atoms with Gasteiger partial charge >= 0.3 is 6.18 Å². The Hall–Kier alpha value is -2.16. The number of nitrogens with zero attached hydrogens (tertiary/aromatic N) is 2. The number of halogens is 6. The van der Waals surface area contributed by atoms with Gasteiger partial charge in [-0.3, -0.25) is 0 Å². The van der Waals surface area contributed by atoms with Gasteiger partial charge in [-0.25, -0.2) is 18.2 Å². The minimum atomic E-state index is -4.53. The van der Waals surface area contributed by atoms with Gasteiger partial charge < -0.3 is 4.90 Å². The summed E-state index contributed by atoms with van der Waals surface area (Å²) < 4.78 is 80.6. The lowest BCUT2D eigenvalue weighted by molar-refractivity contribution is -0.0884. The fourth-order valence-corrected chi connectivity index (χ4v) is 3.52. The molecule has 0 saturated carbocycles. The number of likely N-dealkylation sites (N-methyl/N-ethyl adjacent to an activating group) is 1. The van der Waals surface area contributed by atoms with Crippen molar-refractivity contribution in [2.45, 2.75) is 37.3 Å². The van der Waals surface area contributed by atoms with E-state index in [1.165, 1.54) is 23.1 Å². The number of aliphatic imine (C=N–C) groups is 1. The van der Waals surface area contributed by atoms with Crippen LogP contribution in [0.5, 0.6) is 0 Å². The number of hydrogen-bond donors (Lipinski definition) is 0. The molecule has 1 aromatic carbocycles. The molecule has 0 aliphatic heterocycles. The number of allylic oxidation sites excluding steroid dienone is 4. The van der Waals surface area contributed by atoms with Crippen molar-refractivity contribution < 1.29 is 26.3 Å². The lowest BCUT2D eigenvalue weighted by Gasteiger charge is -2.18. The van der Waals surface area contributed by atoms with E-state index in [1.807, 2.05) is 0 Å². The SMILES string of the molecule is Cc1cc(F)c(/N=C(\C2=CC(C(F)(F)F)=CCC=C2)N(C)C)cc1SCC(C)(F)F. The quantitative estimate of drug-likeness (QED) is 0.212. The molecular weight excluding hydrogens is 426 g/mol. The second-order valence-corrected chi connectivity index (χ2v) is 8.17. The molecule has 1 aliphatic carbocycles. The summed E-state index contributed by atoms with van der Waals surface area (Å²) in [4.78, 5) is 6.14. The zero-order valence-electron chi connectivity index (χ0n) is 16.9. The van der Waals surface area contributed by atoms with Crippen LogP contribution in [0.25, 0.3) is 0 Å². The van der Waals surface area contributed by atoms with Crippen molar-refractivity contribution in [2.24, 2.45) is 4.99 Å². The lowest BCUT2D eigenvalue weighted by Crippen LogP contribution is -2.24. The molecule has 0 fully saturated rings. The Balaban J connectivity index is 2.51. The summed E-state index contributed by atoms with van der Waals surface area (Å²) >= 11 is 0.869. The van der Waals surface area contributed by atoms with Gasteiger partial charge in [-0.1, -0.05) is 18.2 Å². The Morgan fingerprint density at radius 2 is 1.83 bits per heavy atom. The summed E-state index contributed by atoms with van der Waals surface area (Å²) in [6, 6.07) is 2.52.